The number of hydrogen-bond acceptors (Lipinski definition) is 5. The molecule has 1 aromatic carbocycles. The van der Waals surface area contributed by atoms with Crippen LogP contribution in [0.15, 0.2) is 22.7 Å². The van der Waals surface area contributed by atoms with Gasteiger partial charge in [-0.15, -0.1) is 10.2 Å². The van der Waals surface area contributed by atoms with Gasteiger partial charge in [0.2, 0.25) is 4.96 Å². The van der Waals surface area contributed by atoms with Gasteiger partial charge in [0.1, 0.15) is 5.01 Å². The first-order valence-electron chi connectivity index (χ1n) is 7.19. The summed E-state index contributed by atoms with van der Waals surface area (Å²) in [6.45, 7) is 5.84. The van der Waals surface area contributed by atoms with Crippen LogP contribution >= 0.6 is 27.3 Å². The van der Waals surface area contributed by atoms with Crippen LogP contribution in [0.5, 0.6) is 0 Å². The van der Waals surface area contributed by atoms with Gasteiger partial charge in [-0.1, -0.05) is 11.3 Å². The molecule has 0 saturated heterocycles. The zero-order chi connectivity index (χ0) is 17.5. The van der Waals surface area contributed by atoms with Crippen molar-refractivity contribution in [1.82, 2.24) is 19.8 Å². The maximum absolute atomic E-state index is 12.9. The van der Waals surface area contributed by atoms with Crippen LogP contribution in [0.1, 0.15) is 19.7 Å². The van der Waals surface area contributed by atoms with Gasteiger partial charge in [-0.05, 0) is 48.0 Å². The highest BCUT2D eigenvalue weighted by molar-refractivity contribution is 9.10. The van der Waals surface area contributed by atoms with E-state index in [1.165, 1.54) is 0 Å². The van der Waals surface area contributed by atoms with E-state index in [1.54, 1.807) is 0 Å². The Kier molecular flexibility index (Phi) is 4.52. The number of fused-ring (bicyclic) bond motifs is 1. The molecule has 3 aromatic rings. The minimum atomic E-state index is -4.59. The minimum Gasteiger partial charge on any atom is -0.371 e. The highest BCUT2D eigenvalue weighted by Crippen LogP contribution is 2.35. The van der Waals surface area contributed by atoms with E-state index < -0.39 is 12.0 Å². The summed E-state index contributed by atoms with van der Waals surface area (Å²) in [4.78, 5) is 2.29. The predicted octanol–water partition coefficient (Wildman–Crippen LogP) is 4.48. The molecular formula is C14H13BrF3N5S. The predicted molar refractivity (Wildman–Crippen MR) is 90.4 cm³/mol. The second-order valence-corrected chi connectivity index (χ2v) is 6.77. The molecule has 24 heavy (non-hydrogen) atoms. The lowest BCUT2D eigenvalue weighted by Gasteiger charge is -2.22. The number of nitrogens with zero attached hydrogens (tertiary/aromatic N) is 5. The van der Waals surface area contributed by atoms with Gasteiger partial charge in [0, 0.05) is 23.1 Å². The third-order valence-electron chi connectivity index (χ3n) is 3.54. The van der Waals surface area contributed by atoms with Gasteiger partial charge in [-0.2, -0.15) is 22.8 Å². The van der Waals surface area contributed by atoms with Crippen molar-refractivity contribution in [3.8, 4) is 10.6 Å². The summed E-state index contributed by atoms with van der Waals surface area (Å²) in [5, 5.41) is 11.2. The van der Waals surface area contributed by atoms with Gasteiger partial charge in [-0.3, -0.25) is 0 Å². The Hall–Kier alpha value is -1.68. The van der Waals surface area contributed by atoms with E-state index in [-0.39, 0.29) is 4.96 Å². The maximum atomic E-state index is 12.9. The minimum absolute atomic E-state index is 0.112. The lowest BCUT2D eigenvalue weighted by molar-refractivity contribution is -0.146. The van der Waals surface area contributed by atoms with E-state index in [1.807, 2.05) is 18.2 Å². The molecular weight excluding hydrogens is 407 g/mol. The average Bonchev–Trinajstić information content (AvgIpc) is 3.09. The third-order valence-corrected chi connectivity index (χ3v) is 5.13. The molecule has 0 atom stereocenters. The SMILES string of the molecule is CCN(CC)c1ccc(-c2nn3c(C(F)(F)F)nnc3s2)cc1Br. The molecule has 10 heteroatoms. The molecule has 128 valence electrons. The van der Waals surface area contributed by atoms with Crippen molar-refractivity contribution in [3.63, 3.8) is 0 Å². The van der Waals surface area contributed by atoms with Crippen molar-refractivity contribution < 1.29 is 13.2 Å². The largest absolute Gasteiger partial charge is 0.453 e. The van der Waals surface area contributed by atoms with E-state index in [9.17, 15) is 13.2 Å². The molecule has 2 aromatic heterocycles. The van der Waals surface area contributed by atoms with Crippen molar-refractivity contribution in [2.24, 2.45) is 0 Å². The molecule has 3 rings (SSSR count). The van der Waals surface area contributed by atoms with E-state index in [0.717, 1.165) is 44.7 Å². The summed E-state index contributed by atoms with van der Waals surface area (Å²) in [5.74, 6) is -1.11. The Morgan fingerprint density at radius 1 is 1.21 bits per heavy atom. The zero-order valence-electron chi connectivity index (χ0n) is 12.8. The molecule has 0 bridgehead atoms. The zero-order valence-corrected chi connectivity index (χ0v) is 15.2. The normalized spacial score (nSPS) is 12.1. The summed E-state index contributed by atoms with van der Waals surface area (Å²) in [5.41, 5.74) is 1.75. The summed E-state index contributed by atoms with van der Waals surface area (Å²) in [6.07, 6.45) is -4.59. The summed E-state index contributed by atoms with van der Waals surface area (Å²) < 4.78 is 40.2. The Bertz CT molecular complexity index is 869. The van der Waals surface area contributed by atoms with Gasteiger partial charge in [-0.25, -0.2) is 0 Å². The van der Waals surface area contributed by atoms with Crippen LogP contribution in [0.25, 0.3) is 15.5 Å². The Morgan fingerprint density at radius 3 is 2.50 bits per heavy atom. The molecule has 0 aliphatic carbocycles. The fourth-order valence-electron chi connectivity index (χ4n) is 2.37. The van der Waals surface area contributed by atoms with Gasteiger partial charge in [0.25, 0.3) is 5.82 Å². The number of alkyl halides is 3. The second-order valence-electron chi connectivity index (χ2n) is 4.96. The number of aromatic nitrogens is 4. The van der Waals surface area contributed by atoms with Crippen LogP contribution in [0.2, 0.25) is 0 Å². The number of hydrogen-bond donors (Lipinski definition) is 0. The first-order valence-corrected chi connectivity index (χ1v) is 8.80. The van der Waals surface area contributed by atoms with E-state index in [2.05, 4.69) is 50.0 Å². The molecule has 0 spiro atoms. The molecule has 0 N–H and O–H groups in total. The number of anilines is 1. The first-order chi connectivity index (χ1) is 11.3. The van der Waals surface area contributed by atoms with Gasteiger partial charge >= 0.3 is 6.18 Å². The standard InChI is InChI=1S/C14H13BrF3N5S/c1-3-22(4-2)10-6-5-8(7-9(10)15)11-21-23-12(14(16,17)18)19-20-13(23)24-11/h5-7H,3-4H2,1-2H3. The van der Waals surface area contributed by atoms with Gasteiger partial charge in [0.15, 0.2) is 0 Å². The molecule has 0 aliphatic heterocycles. The van der Waals surface area contributed by atoms with Crippen LogP contribution < -0.4 is 4.90 Å². The Morgan fingerprint density at radius 2 is 1.92 bits per heavy atom. The van der Waals surface area contributed by atoms with Crippen molar-refractivity contribution in [1.29, 1.82) is 0 Å². The summed E-state index contributed by atoms with van der Waals surface area (Å²) in [7, 11) is 0. The molecule has 0 aliphatic rings. The highest BCUT2D eigenvalue weighted by Gasteiger charge is 2.38. The average molecular weight is 420 g/mol. The van der Waals surface area contributed by atoms with Crippen molar-refractivity contribution in [2.45, 2.75) is 20.0 Å². The van der Waals surface area contributed by atoms with E-state index in [0.29, 0.717) is 5.01 Å². The van der Waals surface area contributed by atoms with Crippen LogP contribution in [-0.2, 0) is 6.18 Å². The van der Waals surface area contributed by atoms with Gasteiger partial charge < -0.3 is 4.90 Å². The molecule has 0 unspecified atom stereocenters. The van der Waals surface area contributed by atoms with Gasteiger partial charge in [0.05, 0.1) is 5.69 Å². The first kappa shape index (κ1) is 17.2. The van der Waals surface area contributed by atoms with E-state index in [4.69, 9.17) is 0 Å². The Balaban J connectivity index is 2.02. The molecule has 0 radical (unpaired) electrons. The van der Waals surface area contributed by atoms with Crippen LogP contribution in [0.3, 0.4) is 0 Å². The van der Waals surface area contributed by atoms with Crippen molar-refractivity contribution in [3.05, 3.63) is 28.5 Å². The fourth-order valence-corrected chi connectivity index (χ4v) is 3.84. The number of halogens is 4. The summed E-state index contributed by atoms with van der Waals surface area (Å²) in [6, 6.07) is 5.63. The fraction of sp³-hybridized carbons (Fsp3) is 0.357. The topological polar surface area (TPSA) is 46.3 Å². The van der Waals surface area contributed by atoms with Crippen molar-refractivity contribution in [2.75, 3.05) is 18.0 Å². The van der Waals surface area contributed by atoms with Crippen molar-refractivity contribution >= 4 is 37.9 Å². The molecule has 5 nitrogen and oxygen atoms in total. The van der Waals surface area contributed by atoms with Crippen LogP contribution in [0.4, 0.5) is 18.9 Å². The molecule has 0 fully saturated rings. The van der Waals surface area contributed by atoms with Crippen LogP contribution in [-0.4, -0.2) is 32.9 Å². The van der Waals surface area contributed by atoms with Crippen LogP contribution in [0, 0.1) is 0 Å². The molecule has 2 heterocycles. The van der Waals surface area contributed by atoms with E-state index >= 15 is 0 Å². The Labute approximate surface area is 148 Å². The lowest BCUT2D eigenvalue weighted by atomic mass is 10.2. The maximum Gasteiger partial charge on any atom is 0.453 e. The number of rotatable bonds is 4. The second kappa shape index (κ2) is 6.32. The lowest BCUT2D eigenvalue weighted by Crippen LogP contribution is -2.22. The summed E-state index contributed by atoms with van der Waals surface area (Å²) >= 11 is 4.59. The third kappa shape index (κ3) is 3.00. The monoisotopic (exact) mass is 419 g/mol. The number of benzene rings is 1. The quantitative estimate of drug-likeness (QED) is 0.625. The highest BCUT2D eigenvalue weighted by atomic mass is 79.9. The molecule has 0 amide bonds. The molecule has 0 saturated carbocycles. The smallest absolute Gasteiger partial charge is 0.371 e.